The monoisotopic (exact) mass is 312 g/mol. The van der Waals surface area contributed by atoms with Crippen molar-refractivity contribution in [2.24, 2.45) is 0 Å². The van der Waals surface area contributed by atoms with Crippen LogP contribution in [0, 0.1) is 13.8 Å². The molecule has 3 N–H and O–H groups in total. The molecule has 1 aliphatic rings. The number of benzene rings is 1. The number of nitrogens with zero attached hydrogens (tertiary/aromatic N) is 2. The molecule has 1 aromatic heterocycles. The highest BCUT2D eigenvalue weighted by Crippen LogP contribution is 2.35. The Labute approximate surface area is 126 Å². The zero-order chi connectivity index (χ0) is 15.3. The fraction of sp³-hybridized carbons (Fsp3) is 0.500. The highest BCUT2D eigenvalue weighted by molar-refractivity contribution is 6.29. The van der Waals surface area contributed by atoms with Crippen LogP contribution >= 0.6 is 11.6 Å². The second kappa shape index (κ2) is 5.23. The second-order valence-electron chi connectivity index (χ2n) is 5.40. The van der Waals surface area contributed by atoms with E-state index in [1.165, 1.54) is 0 Å². The SMILES string of the molecule is Cc1cc2nc(Cl)n([C@@H]3O[C@@H](CO)[C@@H](O)[C@H]3O)c2cc1C. The topological polar surface area (TPSA) is 87.7 Å². The molecule has 1 aromatic carbocycles. The van der Waals surface area contributed by atoms with Crippen molar-refractivity contribution in [1.82, 2.24) is 9.55 Å². The number of rotatable bonds is 2. The number of ether oxygens (including phenoxy) is 1. The zero-order valence-electron chi connectivity index (χ0n) is 11.7. The molecule has 114 valence electrons. The summed E-state index contributed by atoms with van der Waals surface area (Å²) in [6.07, 6.45) is -4.07. The van der Waals surface area contributed by atoms with Gasteiger partial charge in [-0.2, -0.15) is 0 Å². The van der Waals surface area contributed by atoms with Crippen LogP contribution in [0.25, 0.3) is 11.0 Å². The Morgan fingerprint density at radius 1 is 1.24 bits per heavy atom. The van der Waals surface area contributed by atoms with Crippen LogP contribution in [0.2, 0.25) is 5.28 Å². The number of aliphatic hydroxyl groups is 3. The van der Waals surface area contributed by atoms with Gasteiger partial charge in [-0.1, -0.05) is 0 Å². The van der Waals surface area contributed by atoms with Gasteiger partial charge in [0.1, 0.15) is 18.3 Å². The van der Waals surface area contributed by atoms with Crippen LogP contribution in [0.5, 0.6) is 0 Å². The van der Waals surface area contributed by atoms with Gasteiger partial charge in [-0.15, -0.1) is 0 Å². The first-order valence-corrected chi connectivity index (χ1v) is 7.09. The molecule has 3 rings (SSSR count). The molecule has 2 aromatic rings. The van der Waals surface area contributed by atoms with Crippen molar-refractivity contribution in [3.63, 3.8) is 0 Å². The van der Waals surface area contributed by atoms with E-state index in [0.717, 1.165) is 16.6 Å². The van der Waals surface area contributed by atoms with Gasteiger partial charge in [0.25, 0.3) is 0 Å². The Bertz CT molecular complexity index is 687. The zero-order valence-corrected chi connectivity index (χ0v) is 12.4. The summed E-state index contributed by atoms with van der Waals surface area (Å²) in [6, 6.07) is 3.83. The standard InChI is InChI=1S/C14H17ClN2O4/c1-6-3-8-9(4-7(6)2)17(14(15)16-8)13-12(20)11(19)10(5-18)21-13/h3-4,10-13,18-20H,5H2,1-2H3/t10-,11+,12+,13+/m0/s1. The van der Waals surface area contributed by atoms with Crippen molar-refractivity contribution < 1.29 is 20.1 Å². The van der Waals surface area contributed by atoms with Crippen molar-refractivity contribution in [2.45, 2.75) is 38.4 Å². The molecule has 0 amide bonds. The molecule has 2 heterocycles. The smallest absolute Gasteiger partial charge is 0.205 e. The first-order valence-electron chi connectivity index (χ1n) is 6.71. The van der Waals surface area contributed by atoms with E-state index in [-0.39, 0.29) is 11.9 Å². The molecule has 4 atom stereocenters. The largest absolute Gasteiger partial charge is 0.394 e. The number of aromatic nitrogens is 2. The molecular formula is C14H17ClN2O4. The summed E-state index contributed by atoms with van der Waals surface area (Å²) < 4.78 is 7.08. The Morgan fingerprint density at radius 2 is 1.90 bits per heavy atom. The Hall–Kier alpha value is -1.18. The minimum atomic E-state index is -1.18. The number of hydrogen-bond donors (Lipinski definition) is 3. The number of aryl methyl sites for hydroxylation is 2. The van der Waals surface area contributed by atoms with Crippen molar-refractivity contribution >= 4 is 22.6 Å². The van der Waals surface area contributed by atoms with E-state index in [0.29, 0.717) is 5.52 Å². The maximum Gasteiger partial charge on any atom is 0.205 e. The third kappa shape index (κ3) is 2.23. The van der Waals surface area contributed by atoms with E-state index in [9.17, 15) is 15.3 Å². The van der Waals surface area contributed by atoms with Gasteiger partial charge in [0.2, 0.25) is 5.28 Å². The average molecular weight is 313 g/mol. The van der Waals surface area contributed by atoms with Gasteiger partial charge in [0, 0.05) is 0 Å². The minimum absolute atomic E-state index is 0.171. The number of fused-ring (bicyclic) bond motifs is 1. The summed E-state index contributed by atoms with van der Waals surface area (Å²) in [5.41, 5.74) is 3.57. The lowest BCUT2D eigenvalue weighted by atomic mass is 10.1. The molecule has 1 aliphatic heterocycles. The third-order valence-electron chi connectivity index (χ3n) is 4.03. The molecule has 0 saturated carbocycles. The fourth-order valence-corrected chi connectivity index (χ4v) is 2.93. The van der Waals surface area contributed by atoms with Gasteiger partial charge >= 0.3 is 0 Å². The molecule has 0 bridgehead atoms. The van der Waals surface area contributed by atoms with E-state index in [2.05, 4.69) is 4.98 Å². The maximum atomic E-state index is 10.1. The summed E-state index contributed by atoms with van der Waals surface area (Å²) in [5, 5.41) is 29.4. The summed E-state index contributed by atoms with van der Waals surface area (Å²) >= 11 is 6.17. The van der Waals surface area contributed by atoms with Gasteiger partial charge in [-0.05, 0) is 48.7 Å². The minimum Gasteiger partial charge on any atom is -0.394 e. The Balaban J connectivity index is 2.12. The summed E-state index contributed by atoms with van der Waals surface area (Å²) in [7, 11) is 0. The first kappa shape index (κ1) is 14.7. The van der Waals surface area contributed by atoms with Crippen LogP contribution in [0.3, 0.4) is 0 Å². The van der Waals surface area contributed by atoms with E-state index < -0.39 is 24.5 Å². The van der Waals surface area contributed by atoms with Crippen LogP contribution in [0.1, 0.15) is 17.4 Å². The molecule has 0 spiro atoms. The lowest BCUT2D eigenvalue weighted by Crippen LogP contribution is -2.33. The summed E-state index contributed by atoms with van der Waals surface area (Å²) in [5.74, 6) is 0. The number of hydrogen-bond acceptors (Lipinski definition) is 5. The van der Waals surface area contributed by atoms with E-state index in [1.54, 1.807) is 4.57 Å². The van der Waals surface area contributed by atoms with Gasteiger partial charge < -0.3 is 20.1 Å². The molecule has 0 radical (unpaired) electrons. The van der Waals surface area contributed by atoms with Crippen molar-refractivity contribution in [3.8, 4) is 0 Å². The van der Waals surface area contributed by atoms with Crippen molar-refractivity contribution in [3.05, 3.63) is 28.5 Å². The van der Waals surface area contributed by atoms with Crippen LogP contribution in [0.4, 0.5) is 0 Å². The highest BCUT2D eigenvalue weighted by Gasteiger charge is 2.44. The van der Waals surface area contributed by atoms with Crippen molar-refractivity contribution in [2.75, 3.05) is 6.61 Å². The van der Waals surface area contributed by atoms with Crippen LogP contribution in [-0.2, 0) is 4.74 Å². The Morgan fingerprint density at radius 3 is 2.52 bits per heavy atom. The summed E-state index contributed by atoms with van der Waals surface area (Å²) in [6.45, 7) is 3.57. The lowest BCUT2D eigenvalue weighted by Gasteiger charge is -2.18. The van der Waals surface area contributed by atoms with Crippen LogP contribution < -0.4 is 0 Å². The van der Waals surface area contributed by atoms with E-state index >= 15 is 0 Å². The number of aliphatic hydroxyl groups excluding tert-OH is 3. The Kier molecular flexibility index (Phi) is 3.67. The maximum absolute atomic E-state index is 10.1. The molecule has 0 unspecified atom stereocenters. The highest BCUT2D eigenvalue weighted by atomic mass is 35.5. The van der Waals surface area contributed by atoms with Crippen LogP contribution in [-0.4, -0.2) is 49.8 Å². The average Bonchev–Trinajstić information content (AvgIpc) is 2.89. The molecule has 21 heavy (non-hydrogen) atoms. The molecule has 7 heteroatoms. The first-order chi connectivity index (χ1) is 9.93. The van der Waals surface area contributed by atoms with Gasteiger partial charge in [0.15, 0.2) is 6.23 Å². The van der Waals surface area contributed by atoms with E-state index in [4.69, 9.17) is 16.3 Å². The predicted octanol–water partition coefficient (Wildman–Crippen LogP) is 0.918. The second-order valence-corrected chi connectivity index (χ2v) is 5.74. The van der Waals surface area contributed by atoms with Gasteiger partial charge in [-0.25, -0.2) is 4.98 Å². The number of imidazole rings is 1. The number of halogens is 1. The quantitative estimate of drug-likeness (QED) is 0.767. The lowest BCUT2D eigenvalue weighted by molar-refractivity contribution is -0.0507. The predicted molar refractivity (Wildman–Crippen MR) is 77.2 cm³/mol. The molecule has 1 fully saturated rings. The van der Waals surface area contributed by atoms with Gasteiger partial charge in [0.05, 0.1) is 17.6 Å². The summed E-state index contributed by atoms with van der Waals surface area (Å²) in [4.78, 5) is 4.26. The van der Waals surface area contributed by atoms with E-state index in [1.807, 2.05) is 26.0 Å². The van der Waals surface area contributed by atoms with Gasteiger partial charge in [-0.3, -0.25) is 4.57 Å². The normalized spacial score (nSPS) is 29.4. The molecule has 1 saturated heterocycles. The van der Waals surface area contributed by atoms with Crippen molar-refractivity contribution in [1.29, 1.82) is 0 Å². The molecule has 6 nitrogen and oxygen atoms in total. The third-order valence-corrected chi connectivity index (χ3v) is 4.30. The molecular weight excluding hydrogens is 296 g/mol. The fourth-order valence-electron chi connectivity index (χ4n) is 2.66. The van der Waals surface area contributed by atoms with Crippen LogP contribution in [0.15, 0.2) is 12.1 Å². The molecule has 0 aliphatic carbocycles.